The second kappa shape index (κ2) is 7.05. The summed E-state index contributed by atoms with van der Waals surface area (Å²) < 4.78 is 14.7. The van der Waals surface area contributed by atoms with Crippen LogP contribution >= 0.6 is 23.2 Å². The average molecular weight is 463 g/mol. The molecule has 2 aromatic heterocycles. The molecule has 31 heavy (non-hydrogen) atoms. The monoisotopic (exact) mass is 462 g/mol. The normalized spacial score (nSPS) is 29.2. The van der Waals surface area contributed by atoms with Gasteiger partial charge in [0, 0.05) is 12.1 Å². The highest BCUT2D eigenvalue weighted by atomic mass is 35.5. The van der Waals surface area contributed by atoms with Crippen LogP contribution in [0.3, 0.4) is 0 Å². The second-order valence-electron chi connectivity index (χ2n) is 8.97. The number of hydrogen-bond acceptors (Lipinski definition) is 6. The van der Waals surface area contributed by atoms with E-state index in [0.717, 1.165) is 11.0 Å². The average Bonchev–Trinajstić information content (AvgIpc) is 3.35. The minimum Gasteiger partial charge on any atom is -0.385 e. The van der Waals surface area contributed by atoms with Crippen LogP contribution in [-0.4, -0.2) is 37.6 Å². The number of rotatable bonds is 3. The van der Waals surface area contributed by atoms with Crippen molar-refractivity contribution in [2.24, 2.45) is 5.92 Å². The van der Waals surface area contributed by atoms with Crippen molar-refractivity contribution in [3.05, 3.63) is 52.4 Å². The molecule has 5 atom stereocenters. The van der Waals surface area contributed by atoms with E-state index in [1.807, 2.05) is 26.1 Å². The number of aromatic nitrogens is 3. The lowest BCUT2D eigenvalue weighted by Crippen LogP contribution is -2.39. The molecule has 9 heteroatoms. The third-order valence-electron chi connectivity index (χ3n) is 6.56. The first kappa shape index (κ1) is 21.0. The molecule has 0 spiro atoms. The Morgan fingerprint density at radius 3 is 2.65 bits per heavy atom. The lowest BCUT2D eigenvalue weighted by atomic mass is 9.80. The zero-order valence-electron chi connectivity index (χ0n) is 17.4. The molecule has 7 nitrogen and oxygen atoms in total. The van der Waals surface area contributed by atoms with E-state index in [0.29, 0.717) is 27.8 Å². The van der Waals surface area contributed by atoms with Crippen molar-refractivity contribution in [1.29, 1.82) is 0 Å². The quantitative estimate of drug-likeness (QED) is 0.601. The molecule has 3 N–H and O–H groups in total. The maximum absolute atomic E-state index is 11.7. The summed E-state index contributed by atoms with van der Waals surface area (Å²) in [7, 11) is 0. The molecule has 1 saturated heterocycles. The van der Waals surface area contributed by atoms with Crippen LogP contribution in [0.1, 0.15) is 38.8 Å². The smallest absolute Gasteiger partial charge is 0.163 e. The van der Waals surface area contributed by atoms with Gasteiger partial charge in [-0.3, -0.25) is 0 Å². The van der Waals surface area contributed by atoms with E-state index in [9.17, 15) is 5.11 Å². The van der Waals surface area contributed by atoms with E-state index < -0.39 is 11.4 Å². The Bertz CT molecular complexity index is 1160. The molecule has 1 aliphatic heterocycles. The Kier molecular flexibility index (Phi) is 4.77. The predicted octanol–water partition coefficient (Wildman–Crippen LogP) is 4.31. The Morgan fingerprint density at radius 2 is 1.90 bits per heavy atom. The zero-order chi connectivity index (χ0) is 22.1. The summed E-state index contributed by atoms with van der Waals surface area (Å²) in [5.41, 5.74) is 6.24. The van der Waals surface area contributed by atoms with Gasteiger partial charge in [-0.2, -0.15) is 0 Å². The predicted molar refractivity (Wildman–Crippen MR) is 119 cm³/mol. The van der Waals surface area contributed by atoms with Crippen molar-refractivity contribution in [3.63, 3.8) is 0 Å². The van der Waals surface area contributed by atoms with Crippen molar-refractivity contribution in [1.82, 2.24) is 14.5 Å². The molecular formula is C22H24Cl2N4O3. The van der Waals surface area contributed by atoms with E-state index in [2.05, 4.69) is 14.5 Å². The number of hydrogen-bond donors (Lipinski definition) is 2. The molecule has 0 bridgehead atoms. The number of fused-ring (bicyclic) bond motifs is 2. The fourth-order valence-corrected chi connectivity index (χ4v) is 5.36. The number of aliphatic hydroxyl groups is 1. The highest BCUT2D eigenvalue weighted by molar-refractivity contribution is 6.42. The van der Waals surface area contributed by atoms with Gasteiger partial charge in [0.15, 0.2) is 5.79 Å². The molecule has 0 amide bonds. The van der Waals surface area contributed by atoms with Crippen LogP contribution in [-0.2, 0) is 15.1 Å². The summed E-state index contributed by atoms with van der Waals surface area (Å²) in [6.45, 7) is 5.57. The van der Waals surface area contributed by atoms with Gasteiger partial charge in [0.05, 0.1) is 33.2 Å². The van der Waals surface area contributed by atoms with Crippen LogP contribution in [0.2, 0.25) is 10.0 Å². The van der Waals surface area contributed by atoms with Crippen LogP contribution in [0.25, 0.3) is 11.0 Å². The lowest BCUT2D eigenvalue weighted by Gasteiger charge is -2.34. The zero-order valence-corrected chi connectivity index (χ0v) is 18.9. The minimum atomic E-state index is -1.22. The molecule has 1 aliphatic carbocycles. The lowest BCUT2D eigenvalue weighted by molar-refractivity contribution is -0.172. The van der Waals surface area contributed by atoms with Crippen LogP contribution in [0.5, 0.6) is 0 Å². The van der Waals surface area contributed by atoms with E-state index in [1.165, 1.54) is 6.33 Å². The minimum absolute atomic E-state index is 0.0992. The van der Waals surface area contributed by atoms with Gasteiger partial charge in [-0.25, -0.2) is 9.97 Å². The first-order valence-electron chi connectivity index (χ1n) is 10.2. The molecule has 164 valence electrons. The highest BCUT2D eigenvalue weighted by Gasteiger charge is 2.59. The van der Waals surface area contributed by atoms with Gasteiger partial charge < -0.3 is 24.9 Å². The van der Waals surface area contributed by atoms with E-state index in [4.69, 9.17) is 38.4 Å². The van der Waals surface area contributed by atoms with Gasteiger partial charge in [0.1, 0.15) is 23.9 Å². The fourth-order valence-electron chi connectivity index (χ4n) is 5.06. The first-order chi connectivity index (χ1) is 14.6. The number of nitrogen functional groups attached to an aromatic ring is 1. The number of nitrogens with two attached hydrogens (primary N) is 1. The summed E-state index contributed by atoms with van der Waals surface area (Å²) >= 11 is 12.3. The van der Waals surface area contributed by atoms with Crippen molar-refractivity contribution in [2.75, 3.05) is 5.73 Å². The first-order valence-corrected chi connectivity index (χ1v) is 10.9. The van der Waals surface area contributed by atoms with Crippen molar-refractivity contribution >= 4 is 40.1 Å². The Morgan fingerprint density at radius 1 is 1.16 bits per heavy atom. The van der Waals surface area contributed by atoms with E-state index in [1.54, 1.807) is 25.1 Å². The molecule has 1 unspecified atom stereocenters. The SMILES string of the molecule is CC1(C)O[C@@H]2[C@H](O1)[C@@H](C(C)(O)c1ccc(Cl)c(Cl)c1)C[C@H]2n1ccc2c(N)ncnc21. The molecule has 1 saturated carbocycles. The molecule has 2 aliphatic rings. The Balaban J connectivity index is 1.58. The maximum Gasteiger partial charge on any atom is 0.163 e. The van der Waals surface area contributed by atoms with Crippen LogP contribution in [0.4, 0.5) is 5.82 Å². The molecule has 5 rings (SSSR count). The standard InChI is InChI=1S/C22H24Cl2N4O3/c1-21(2)30-17-13(22(3,29)11-4-5-14(23)15(24)8-11)9-16(18(17)31-21)28-7-6-12-19(25)26-10-27-20(12)28/h4-8,10,13,16-18,29H,9H2,1-3H3,(H2,25,26,27)/t13-,16+,17+,18-,22?/m0/s1. The number of ether oxygens (including phenoxy) is 2. The summed E-state index contributed by atoms with van der Waals surface area (Å²) in [5, 5.41) is 13.3. The Labute approximate surface area is 190 Å². The van der Waals surface area contributed by atoms with Crippen molar-refractivity contribution in [3.8, 4) is 0 Å². The highest BCUT2D eigenvalue weighted by Crippen LogP contribution is 2.53. The molecule has 2 fully saturated rings. The van der Waals surface area contributed by atoms with Crippen LogP contribution in [0, 0.1) is 5.92 Å². The summed E-state index contributed by atoms with van der Waals surface area (Å²) in [5.74, 6) is -0.587. The third kappa shape index (κ3) is 3.31. The van der Waals surface area contributed by atoms with Gasteiger partial charge in [0.25, 0.3) is 0 Å². The molecule has 3 aromatic rings. The summed E-state index contributed by atoms with van der Waals surface area (Å²) in [4.78, 5) is 8.52. The fraction of sp³-hybridized carbons (Fsp3) is 0.455. The van der Waals surface area contributed by atoms with Crippen molar-refractivity contribution < 1.29 is 14.6 Å². The largest absolute Gasteiger partial charge is 0.385 e. The number of nitrogens with zero attached hydrogens (tertiary/aromatic N) is 3. The van der Waals surface area contributed by atoms with Crippen molar-refractivity contribution in [2.45, 2.75) is 56.8 Å². The van der Waals surface area contributed by atoms with Crippen LogP contribution < -0.4 is 5.73 Å². The molecule has 0 radical (unpaired) electrons. The van der Waals surface area contributed by atoms with Gasteiger partial charge in [-0.1, -0.05) is 29.3 Å². The van der Waals surface area contributed by atoms with Gasteiger partial charge in [-0.05, 0) is 51.0 Å². The second-order valence-corrected chi connectivity index (χ2v) is 9.78. The number of halogens is 2. The van der Waals surface area contributed by atoms with Gasteiger partial charge >= 0.3 is 0 Å². The maximum atomic E-state index is 11.7. The third-order valence-corrected chi connectivity index (χ3v) is 7.30. The number of anilines is 1. The van der Waals surface area contributed by atoms with Gasteiger partial charge in [-0.15, -0.1) is 0 Å². The Hall–Kier alpha value is -1.90. The molecular weight excluding hydrogens is 439 g/mol. The number of benzene rings is 1. The van der Waals surface area contributed by atoms with Crippen LogP contribution in [0.15, 0.2) is 36.8 Å². The summed E-state index contributed by atoms with van der Waals surface area (Å²) in [6.07, 6.45) is 3.44. The molecule has 1 aromatic carbocycles. The topological polar surface area (TPSA) is 95.4 Å². The summed E-state index contributed by atoms with van der Waals surface area (Å²) in [6, 6.07) is 7.03. The van der Waals surface area contributed by atoms with Gasteiger partial charge in [0.2, 0.25) is 0 Å². The van der Waals surface area contributed by atoms with E-state index >= 15 is 0 Å². The van der Waals surface area contributed by atoms with E-state index in [-0.39, 0.29) is 24.2 Å². The molecule has 3 heterocycles.